The van der Waals surface area contributed by atoms with Gasteiger partial charge < -0.3 is 9.15 Å². The van der Waals surface area contributed by atoms with Gasteiger partial charge in [0.05, 0.1) is 12.1 Å². The highest BCUT2D eigenvalue weighted by Gasteiger charge is 2.32. The maximum atomic E-state index is 13.1. The van der Waals surface area contributed by atoms with Crippen LogP contribution >= 0.6 is 23.4 Å². The largest absolute Gasteiger partial charge is 0.492 e. The van der Waals surface area contributed by atoms with Crippen molar-refractivity contribution in [1.82, 2.24) is 9.47 Å². The number of oxazole rings is 1. The number of ether oxygens (including phenoxy) is 1. The van der Waals surface area contributed by atoms with Crippen LogP contribution in [0.25, 0.3) is 11.1 Å². The van der Waals surface area contributed by atoms with Gasteiger partial charge in [-0.2, -0.15) is 0 Å². The smallest absolute Gasteiger partial charge is 0.419 e. The number of carbonyl (C=O) groups is 1. The van der Waals surface area contributed by atoms with E-state index < -0.39 is 5.76 Å². The molecule has 1 saturated heterocycles. The number of aromatic nitrogens is 1. The first-order valence-electron chi connectivity index (χ1n) is 10.0. The van der Waals surface area contributed by atoms with Gasteiger partial charge in [0.15, 0.2) is 10.8 Å². The predicted molar refractivity (Wildman–Crippen MR) is 124 cm³/mol. The number of halogens is 1. The van der Waals surface area contributed by atoms with Gasteiger partial charge in [-0.25, -0.2) is 9.79 Å². The number of hydrogen-bond acceptors (Lipinski definition) is 6. The Balaban J connectivity index is 1.55. The van der Waals surface area contributed by atoms with Crippen LogP contribution in [0.3, 0.4) is 0 Å². The van der Waals surface area contributed by atoms with Crippen molar-refractivity contribution in [3.63, 3.8) is 0 Å². The monoisotopic (exact) mass is 459 g/mol. The number of thioether (sulfide) groups is 1. The summed E-state index contributed by atoms with van der Waals surface area (Å²) in [5, 5.41) is 1.13. The Morgan fingerprint density at radius 1 is 1.32 bits per heavy atom. The highest BCUT2D eigenvalue weighted by atomic mass is 35.5. The minimum atomic E-state index is -0.506. The molecule has 162 valence electrons. The second-order valence-electron chi connectivity index (χ2n) is 7.10. The van der Waals surface area contributed by atoms with Gasteiger partial charge in [-0.15, -0.1) is 0 Å². The lowest BCUT2D eigenvalue weighted by Crippen LogP contribution is -2.38. The lowest BCUT2D eigenvalue weighted by Gasteiger charge is -2.21. The van der Waals surface area contributed by atoms with Gasteiger partial charge in [0.2, 0.25) is 5.91 Å². The summed E-state index contributed by atoms with van der Waals surface area (Å²) in [6, 6.07) is 12.5. The van der Waals surface area contributed by atoms with Crippen molar-refractivity contribution in [2.24, 2.45) is 4.99 Å². The normalized spacial score (nSPS) is 17.6. The number of amides is 1. The topological polar surface area (TPSA) is 77.0 Å². The van der Waals surface area contributed by atoms with Gasteiger partial charge in [-0.3, -0.25) is 14.3 Å². The lowest BCUT2D eigenvalue weighted by atomic mass is 10.2. The van der Waals surface area contributed by atoms with Crippen molar-refractivity contribution < 1.29 is 13.9 Å². The number of hydrogen-bond donors (Lipinski definition) is 0. The molecule has 1 aromatic heterocycles. The Morgan fingerprint density at radius 3 is 2.94 bits per heavy atom. The van der Waals surface area contributed by atoms with Crippen LogP contribution in [-0.4, -0.2) is 38.9 Å². The van der Waals surface area contributed by atoms with E-state index in [0.29, 0.717) is 39.3 Å². The molecule has 31 heavy (non-hydrogen) atoms. The average molecular weight is 460 g/mol. The van der Waals surface area contributed by atoms with Crippen LogP contribution in [0.1, 0.15) is 20.3 Å². The molecule has 1 amide bonds. The van der Waals surface area contributed by atoms with Gasteiger partial charge in [0.1, 0.15) is 11.4 Å². The lowest BCUT2D eigenvalue weighted by molar-refractivity contribution is -0.128. The zero-order valence-corrected chi connectivity index (χ0v) is 18.8. The molecular weight excluding hydrogens is 438 g/mol. The molecule has 0 radical (unpaired) electrons. The van der Waals surface area contributed by atoms with Gasteiger partial charge >= 0.3 is 5.76 Å². The third-order valence-corrected chi connectivity index (χ3v) is 6.36. The number of aryl methyl sites for hydroxylation is 1. The minimum absolute atomic E-state index is 0.00660. The summed E-state index contributed by atoms with van der Waals surface area (Å²) in [4.78, 5) is 31.8. The summed E-state index contributed by atoms with van der Waals surface area (Å²) < 4.78 is 12.4. The molecule has 0 bridgehead atoms. The summed E-state index contributed by atoms with van der Waals surface area (Å²) in [5.74, 6) is 0.836. The van der Waals surface area contributed by atoms with Crippen LogP contribution in [0.15, 0.2) is 56.7 Å². The van der Waals surface area contributed by atoms with Crippen LogP contribution in [0.2, 0.25) is 5.02 Å². The first-order chi connectivity index (χ1) is 15.0. The van der Waals surface area contributed by atoms with E-state index >= 15 is 0 Å². The molecule has 1 aliphatic heterocycles. The van der Waals surface area contributed by atoms with Gasteiger partial charge in [-0.1, -0.05) is 35.5 Å². The Labute approximate surface area is 188 Å². The van der Waals surface area contributed by atoms with Crippen molar-refractivity contribution >= 4 is 51.2 Å². The molecule has 1 fully saturated rings. The molecule has 7 nitrogen and oxygen atoms in total. The van der Waals surface area contributed by atoms with E-state index in [0.717, 1.165) is 5.75 Å². The molecule has 0 N–H and O–H groups in total. The van der Waals surface area contributed by atoms with E-state index in [-0.39, 0.29) is 24.9 Å². The summed E-state index contributed by atoms with van der Waals surface area (Å²) in [7, 11) is 0. The highest BCUT2D eigenvalue weighted by Crippen LogP contribution is 2.32. The van der Waals surface area contributed by atoms with Crippen LogP contribution in [0.4, 0.5) is 5.69 Å². The standard InChI is InChI=1S/C22H22ClN3O4S/c1-3-29-18-7-5-4-6-16(18)24-21-26(14(2)13-31-21)20(27)10-11-25-17-9-8-15(23)12-19(17)30-22(25)28/h4-9,12,14H,3,10-11,13H2,1-2H3. The minimum Gasteiger partial charge on any atom is -0.492 e. The summed E-state index contributed by atoms with van der Waals surface area (Å²) in [5.41, 5.74) is 1.71. The number of nitrogens with zero attached hydrogens (tertiary/aromatic N) is 3. The van der Waals surface area contributed by atoms with E-state index in [2.05, 4.69) is 0 Å². The van der Waals surface area contributed by atoms with E-state index in [1.807, 2.05) is 38.1 Å². The van der Waals surface area contributed by atoms with Crippen molar-refractivity contribution in [1.29, 1.82) is 0 Å². The van der Waals surface area contributed by atoms with Crippen LogP contribution < -0.4 is 10.5 Å². The quantitative estimate of drug-likeness (QED) is 0.534. The van der Waals surface area contributed by atoms with E-state index in [1.54, 1.807) is 23.1 Å². The van der Waals surface area contributed by atoms with E-state index in [4.69, 9.17) is 25.7 Å². The molecule has 3 aromatic rings. The third kappa shape index (κ3) is 4.50. The fraction of sp³-hybridized carbons (Fsp3) is 0.318. The predicted octanol–water partition coefficient (Wildman–Crippen LogP) is 4.69. The van der Waals surface area contributed by atoms with Crippen LogP contribution in [0, 0.1) is 0 Å². The first kappa shape index (κ1) is 21.5. The maximum Gasteiger partial charge on any atom is 0.419 e. The Kier molecular flexibility index (Phi) is 6.38. The number of fused-ring (bicyclic) bond motifs is 1. The average Bonchev–Trinajstić information content (AvgIpc) is 3.26. The van der Waals surface area contributed by atoms with Gasteiger partial charge in [-0.05, 0) is 38.1 Å². The van der Waals surface area contributed by atoms with Crippen LogP contribution in [0.5, 0.6) is 5.75 Å². The zero-order chi connectivity index (χ0) is 22.0. The molecule has 2 heterocycles. The molecule has 4 rings (SSSR count). The second-order valence-corrected chi connectivity index (χ2v) is 8.52. The molecule has 9 heteroatoms. The molecule has 2 aromatic carbocycles. The van der Waals surface area contributed by atoms with Gasteiger partial charge in [0.25, 0.3) is 0 Å². The number of rotatable bonds is 6. The molecule has 1 aliphatic rings. The second kappa shape index (κ2) is 9.20. The number of para-hydroxylation sites is 2. The highest BCUT2D eigenvalue weighted by molar-refractivity contribution is 8.14. The van der Waals surface area contributed by atoms with Crippen LogP contribution in [-0.2, 0) is 11.3 Å². The van der Waals surface area contributed by atoms with E-state index in [1.165, 1.54) is 16.3 Å². The van der Waals surface area contributed by atoms with Crippen molar-refractivity contribution in [3.05, 3.63) is 58.0 Å². The molecule has 1 unspecified atom stereocenters. The maximum absolute atomic E-state index is 13.1. The van der Waals surface area contributed by atoms with Crippen molar-refractivity contribution in [2.75, 3.05) is 12.4 Å². The van der Waals surface area contributed by atoms with Gasteiger partial charge in [0, 0.05) is 35.8 Å². The van der Waals surface area contributed by atoms with E-state index in [9.17, 15) is 9.59 Å². The summed E-state index contributed by atoms with van der Waals surface area (Å²) in [6.07, 6.45) is 0.147. The fourth-order valence-corrected chi connectivity index (χ4v) is 4.76. The number of amidine groups is 1. The number of benzene rings is 2. The zero-order valence-electron chi connectivity index (χ0n) is 17.2. The summed E-state index contributed by atoms with van der Waals surface area (Å²) >= 11 is 7.50. The molecule has 1 atom stereocenters. The third-order valence-electron chi connectivity index (χ3n) is 4.93. The van der Waals surface area contributed by atoms with Crippen molar-refractivity contribution in [3.8, 4) is 5.75 Å². The van der Waals surface area contributed by atoms with Crippen molar-refractivity contribution in [2.45, 2.75) is 32.9 Å². The molecule has 0 spiro atoms. The fourth-order valence-electron chi connectivity index (χ4n) is 3.48. The number of aliphatic imine (C=N–C) groups is 1. The molecule has 0 saturated carbocycles. The molecular formula is C22H22ClN3O4S. The Hall–Kier alpha value is -2.71. The first-order valence-corrected chi connectivity index (χ1v) is 11.4. The number of carbonyl (C=O) groups excluding carboxylic acids is 1. The SMILES string of the molecule is CCOc1ccccc1N=C1SCC(C)N1C(=O)CCn1c(=O)oc2cc(Cl)ccc21. The Bertz CT molecular complexity index is 1200. The Morgan fingerprint density at radius 2 is 2.13 bits per heavy atom. The molecule has 0 aliphatic carbocycles. The summed E-state index contributed by atoms with van der Waals surface area (Å²) in [6.45, 7) is 4.65.